The molecular weight excluding hydrogens is 348 g/mol. The number of hydrogen-bond donors (Lipinski definition) is 1. The summed E-state index contributed by atoms with van der Waals surface area (Å²) in [5.41, 5.74) is 3.94. The number of benzene rings is 3. The molecule has 0 saturated heterocycles. The van der Waals surface area contributed by atoms with Crippen molar-refractivity contribution in [3.8, 4) is 5.75 Å². The van der Waals surface area contributed by atoms with Crippen LogP contribution in [0.1, 0.15) is 21.5 Å². The first-order valence-corrected chi connectivity index (χ1v) is 9.27. The predicted molar refractivity (Wildman–Crippen MR) is 112 cm³/mol. The third-order valence-corrected chi connectivity index (χ3v) is 4.82. The monoisotopic (exact) mass is 370 g/mol. The third-order valence-electron chi connectivity index (χ3n) is 4.82. The third kappa shape index (κ3) is 3.76. The van der Waals surface area contributed by atoms with Crippen LogP contribution in [0.2, 0.25) is 0 Å². The molecule has 0 atom stereocenters. The molecule has 0 aliphatic carbocycles. The summed E-state index contributed by atoms with van der Waals surface area (Å²) in [5, 5.41) is 3.99. The van der Waals surface area contributed by atoms with Crippen molar-refractivity contribution >= 4 is 16.8 Å². The maximum absolute atomic E-state index is 12.9. The number of nitrogens with zero attached hydrogens (tertiary/aromatic N) is 1. The van der Waals surface area contributed by atoms with Crippen LogP contribution in [0.4, 0.5) is 0 Å². The van der Waals surface area contributed by atoms with Crippen molar-refractivity contribution in [2.75, 3.05) is 7.11 Å². The molecule has 140 valence electrons. The van der Waals surface area contributed by atoms with E-state index in [2.05, 4.69) is 28.1 Å². The van der Waals surface area contributed by atoms with Crippen LogP contribution in [0.3, 0.4) is 0 Å². The zero-order chi connectivity index (χ0) is 19.3. The highest BCUT2D eigenvalue weighted by molar-refractivity contribution is 6.07. The molecule has 0 fully saturated rings. The van der Waals surface area contributed by atoms with E-state index in [9.17, 15) is 4.79 Å². The Hall–Kier alpha value is -3.53. The summed E-state index contributed by atoms with van der Waals surface area (Å²) in [4.78, 5) is 12.9. The molecule has 0 saturated carbocycles. The molecule has 1 N–H and O–H groups in total. The van der Waals surface area contributed by atoms with Gasteiger partial charge in [0.1, 0.15) is 5.75 Å². The number of rotatable bonds is 6. The smallest absolute Gasteiger partial charge is 0.253 e. The van der Waals surface area contributed by atoms with Gasteiger partial charge in [-0.2, -0.15) is 0 Å². The van der Waals surface area contributed by atoms with E-state index in [0.717, 1.165) is 28.8 Å². The maximum atomic E-state index is 12.9. The van der Waals surface area contributed by atoms with Crippen LogP contribution >= 0.6 is 0 Å². The lowest BCUT2D eigenvalue weighted by atomic mass is 10.1. The number of amides is 1. The minimum absolute atomic E-state index is 0.0779. The van der Waals surface area contributed by atoms with Crippen molar-refractivity contribution in [2.24, 2.45) is 0 Å². The lowest BCUT2D eigenvalue weighted by Crippen LogP contribution is -2.22. The SMILES string of the molecule is COc1cccc(CNC(=O)c2cn(Cc3ccccc3)c3ccccc23)c1. The van der Waals surface area contributed by atoms with E-state index >= 15 is 0 Å². The summed E-state index contributed by atoms with van der Waals surface area (Å²) in [7, 11) is 1.64. The second-order valence-corrected chi connectivity index (χ2v) is 6.71. The van der Waals surface area contributed by atoms with Crippen LogP contribution in [0.25, 0.3) is 10.9 Å². The molecule has 3 aromatic carbocycles. The van der Waals surface area contributed by atoms with Crippen molar-refractivity contribution < 1.29 is 9.53 Å². The standard InChI is InChI=1S/C24H22N2O2/c1-28-20-11-7-10-19(14-20)15-25-24(27)22-17-26(16-18-8-3-2-4-9-18)23-13-6-5-12-21(22)23/h2-14,17H,15-16H2,1H3,(H,25,27). The van der Waals surface area contributed by atoms with Crippen LogP contribution < -0.4 is 10.1 Å². The van der Waals surface area contributed by atoms with Gasteiger partial charge in [-0.1, -0.05) is 60.7 Å². The fourth-order valence-corrected chi connectivity index (χ4v) is 3.40. The zero-order valence-corrected chi connectivity index (χ0v) is 15.8. The van der Waals surface area contributed by atoms with Crippen molar-refractivity contribution in [3.05, 3.63) is 102 Å². The van der Waals surface area contributed by atoms with E-state index in [1.807, 2.05) is 66.9 Å². The second kappa shape index (κ2) is 8.01. The molecule has 1 heterocycles. The molecule has 4 aromatic rings. The Morgan fingerprint density at radius 1 is 0.929 bits per heavy atom. The fraction of sp³-hybridized carbons (Fsp3) is 0.125. The van der Waals surface area contributed by atoms with E-state index in [0.29, 0.717) is 12.1 Å². The van der Waals surface area contributed by atoms with Gasteiger partial charge in [-0.15, -0.1) is 0 Å². The molecule has 4 rings (SSSR count). The molecular formula is C24H22N2O2. The second-order valence-electron chi connectivity index (χ2n) is 6.71. The minimum Gasteiger partial charge on any atom is -0.497 e. The summed E-state index contributed by atoms with van der Waals surface area (Å²) in [6, 6.07) is 26.0. The topological polar surface area (TPSA) is 43.3 Å². The summed E-state index contributed by atoms with van der Waals surface area (Å²) in [6.07, 6.45) is 1.94. The molecule has 0 bridgehead atoms. The number of fused-ring (bicyclic) bond motifs is 1. The highest BCUT2D eigenvalue weighted by Gasteiger charge is 2.15. The molecule has 28 heavy (non-hydrogen) atoms. The first-order chi connectivity index (χ1) is 13.7. The Labute approximate surface area is 164 Å². The molecule has 4 nitrogen and oxygen atoms in total. The van der Waals surface area contributed by atoms with Gasteiger partial charge in [0.25, 0.3) is 5.91 Å². The molecule has 4 heteroatoms. The molecule has 1 aromatic heterocycles. The Morgan fingerprint density at radius 2 is 1.68 bits per heavy atom. The number of carbonyl (C=O) groups excluding carboxylic acids is 1. The number of ether oxygens (including phenoxy) is 1. The molecule has 0 aliphatic rings. The summed E-state index contributed by atoms with van der Waals surface area (Å²) in [5.74, 6) is 0.706. The maximum Gasteiger partial charge on any atom is 0.253 e. The van der Waals surface area contributed by atoms with Gasteiger partial charge in [0.15, 0.2) is 0 Å². The van der Waals surface area contributed by atoms with E-state index in [4.69, 9.17) is 4.74 Å². The number of hydrogen-bond acceptors (Lipinski definition) is 2. The van der Waals surface area contributed by atoms with Gasteiger partial charge < -0.3 is 14.6 Å². The Morgan fingerprint density at radius 3 is 2.50 bits per heavy atom. The number of methoxy groups -OCH3 is 1. The van der Waals surface area contributed by atoms with Gasteiger partial charge in [-0.3, -0.25) is 4.79 Å². The van der Waals surface area contributed by atoms with Crippen LogP contribution in [-0.2, 0) is 13.1 Å². The Bertz CT molecular complexity index is 1100. The Balaban J connectivity index is 1.58. The molecule has 1 amide bonds. The van der Waals surface area contributed by atoms with Crippen molar-refractivity contribution in [1.29, 1.82) is 0 Å². The summed E-state index contributed by atoms with van der Waals surface area (Å²) in [6.45, 7) is 1.18. The predicted octanol–water partition coefficient (Wildman–Crippen LogP) is 4.63. The number of nitrogens with one attached hydrogen (secondary N) is 1. The van der Waals surface area contributed by atoms with Crippen LogP contribution in [0.15, 0.2) is 85.1 Å². The first-order valence-electron chi connectivity index (χ1n) is 9.27. The van der Waals surface area contributed by atoms with E-state index < -0.39 is 0 Å². The van der Waals surface area contributed by atoms with Crippen molar-refractivity contribution in [2.45, 2.75) is 13.1 Å². The van der Waals surface area contributed by atoms with Crippen molar-refractivity contribution in [3.63, 3.8) is 0 Å². The average Bonchev–Trinajstić information content (AvgIpc) is 3.11. The zero-order valence-electron chi connectivity index (χ0n) is 15.8. The van der Waals surface area contributed by atoms with Gasteiger partial charge in [0, 0.05) is 30.2 Å². The number of aromatic nitrogens is 1. The highest BCUT2D eigenvalue weighted by atomic mass is 16.5. The number of carbonyl (C=O) groups is 1. The average molecular weight is 370 g/mol. The Kier molecular flexibility index (Phi) is 5.11. The largest absolute Gasteiger partial charge is 0.497 e. The van der Waals surface area contributed by atoms with E-state index in [1.165, 1.54) is 5.56 Å². The van der Waals surface area contributed by atoms with Crippen LogP contribution in [-0.4, -0.2) is 17.6 Å². The molecule has 0 unspecified atom stereocenters. The van der Waals surface area contributed by atoms with E-state index in [1.54, 1.807) is 7.11 Å². The summed E-state index contributed by atoms with van der Waals surface area (Å²) >= 11 is 0. The molecule has 0 spiro atoms. The van der Waals surface area contributed by atoms with Gasteiger partial charge >= 0.3 is 0 Å². The van der Waals surface area contributed by atoms with Gasteiger partial charge in [0.05, 0.1) is 12.7 Å². The summed E-state index contributed by atoms with van der Waals surface area (Å²) < 4.78 is 7.38. The van der Waals surface area contributed by atoms with Crippen LogP contribution in [0, 0.1) is 0 Å². The highest BCUT2D eigenvalue weighted by Crippen LogP contribution is 2.23. The van der Waals surface area contributed by atoms with Gasteiger partial charge in [0.2, 0.25) is 0 Å². The lowest BCUT2D eigenvalue weighted by molar-refractivity contribution is 0.0952. The van der Waals surface area contributed by atoms with Gasteiger partial charge in [-0.25, -0.2) is 0 Å². The molecule has 0 radical (unpaired) electrons. The van der Waals surface area contributed by atoms with Crippen molar-refractivity contribution in [1.82, 2.24) is 9.88 Å². The quantitative estimate of drug-likeness (QED) is 0.538. The van der Waals surface area contributed by atoms with E-state index in [-0.39, 0.29) is 5.91 Å². The number of para-hydroxylation sites is 1. The molecule has 0 aliphatic heterocycles. The van der Waals surface area contributed by atoms with Gasteiger partial charge in [-0.05, 0) is 29.3 Å². The fourth-order valence-electron chi connectivity index (χ4n) is 3.40. The van der Waals surface area contributed by atoms with Crippen LogP contribution in [0.5, 0.6) is 5.75 Å². The lowest BCUT2D eigenvalue weighted by Gasteiger charge is -2.06. The minimum atomic E-state index is -0.0779. The normalized spacial score (nSPS) is 10.8. The first kappa shape index (κ1) is 17.9.